The minimum Gasteiger partial charge on any atom is -0.489 e. The summed E-state index contributed by atoms with van der Waals surface area (Å²) in [5, 5.41) is 0.662. The predicted octanol–water partition coefficient (Wildman–Crippen LogP) is 5.13. The topological polar surface area (TPSA) is 9.23 Å². The number of hydrogen-bond acceptors (Lipinski definition) is 1. The molecule has 0 unspecified atom stereocenters. The van der Waals surface area contributed by atoms with Crippen LogP contribution in [-0.4, -0.2) is 0 Å². The largest absolute Gasteiger partial charge is 0.489 e. The number of hydrogen-bond donors (Lipinski definition) is 0. The zero-order valence-corrected chi connectivity index (χ0v) is 12.1. The molecule has 0 heterocycles. The van der Waals surface area contributed by atoms with E-state index in [0.717, 1.165) is 5.56 Å². The van der Waals surface area contributed by atoms with Gasteiger partial charge in [0.05, 0.1) is 0 Å². The molecular weight excluding hydrogens is 319 g/mol. The zero-order valence-electron chi connectivity index (χ0n) is 9.71. The summed E-state index contributed by atoms with van der Waals surface area (Å²) in [6.07, 6.45) is 0. The molecule has 0 atom stereocenters. The summed E-state index contributed by atoms with van der Waals surface area (Å²) in [5.74, 6) is 0.428. The van der Waals surface area contributed by atoms with E-state index in [9.17, 15) is 4.39 Å². The Hall–Kier alpha value is -1.06. The van der Waals surface area contributed by atoms with Crippen molar-refractivity contribution in [2.75, 3.05) is 0 Å². The molecule has 0 N–H and O–H groups in total. The molecule has 2 rings (SSSR count). The third kappa shape index (κ3) is 3.24. The first-order valence-corrected chi connectivity index (χ1v) is 6.56. The molecule has 0 saturated heterocycles. The van der Waals surface area contributed by atoms with Crippen molar-refractivity contribution in [1.82, 2.24) is 0 Å². The van der Waals surface area contributed by atoms with Crippen LogP contribution in [0, 0.1) is 12.7 Å². The van der Waals surface area contributed by atoms with Crippen LogP contribution in [0.3, 0.4) is 0 Å². The van der Waals surface area contributed by atoms with Gasteiger partial charge in [-0.15, -0.1) is 0 Å². The van der Waals surface area contributed by atoms with Crippen molar-refractivity contribution in [2.24, 2.45) is 0 Å². The van der Waals surface area contributed by atoms with Crippen LogP contribution in [0.4, 0.5) is 4.39 Å². The van der Waals surface area contributed by atoms with Gasteiger partial charge in [-0.2, -0.15) is 0 Å². The summed E-state index contributed by atoms with van der Waals surface area (Å²) in [5.41, 5.74) is 1.45. The van der Waals surface area contributed by atoms with Crippen molar-refractivity contribution in [1.29, 1.82) is 0 Å². The molecule has 94 valence electrons. The Morgan fingerprint density at radius 3 is 2.67 bits per heavy atom. The predicted molar refractivity (Wildman–Crippen MR) is 74.6 cm³/mol. The minimum absolute atomic E-state index is 0.196. The van der Waals surface area contributed by atoms with Crippen molar-refractivity contribution in [3.63, 3.8) is 0 Å². The van der Waals surface area contributed by atoms with Crippen LogP contribution in [0.2, 0.25) is 5.02 Å². The number of ether oxygens (including phenoxy) is 1. The summed E-state index contributed by atoms with van der Waals surface area (Å²) < 4.78 is 19.9. The maximum atomic E-state index is 13.6. The van der Waals surface area contributed by atoms with Crippen molar-refractivity contribution in [2.45, 2.75) is 13.5 Å². The Kier molecular flexibility index (Phi) is 4.25. The van der Waals surface area contributed by atoms with Gasteiger partial charge in [0.25, 0.3) is 0 Å². The lowest BCUT2D eigenvalue weighted by atomic mass is 10.2. The summed E-state index contributed by atoms with van der Waals surface area (Å²) in [6.45, 7) is 2.10. The molecule has 0 amide bonds. The van der Waals surface area contributed by atoms with Crippen LogP contribution in [-0.2, 0) is 6.61 Å². The molecule has 2 aromatic carbocycles. The first-order valence-electron chi connectivity index (χ1n) is 5.39. The van der Waals surface area contributed by atoms with Crippen LogP contribution in [0.25, 0.3) is 0 Å². The summed E-state index contributed by atoms with van der Waals surface area (Å²) in [7, 11) is 0. The highest BCUT2D eigenvalue weighted by atomic mass is 79.9. The second-order valence-corrected chi connectivity index (χ2v) is 5.29. The molecule has 0 aliphatic carbocycles. The number of halogens is 3. The lowest BCUT2D eigenvalue weighted by molar-refractivity contribution is 0.298. The highest BCUT2D eigenvalue weighted by molar-refractivity contribution is 9.10. The van der Waals surface area contributed by atoms with E-state index in [4.69, 9.17) is 16.3 Å². The van der Waals surface area contributed by atoms with E-state index in [2.05, 4.69) is 15.9 Å². The molecule has 0 aromatic heterocycles. The molecule has 0 bridgehead atoms. The molecule has 0 radical (unpaired) electrons. The van der Waals surface area contributed by atoms with E-state index >= 15 is 0 Å². The molecule has 0 spiro atoms. The Morgan fingerprint density at radius 2 is 2.00 bits per heavy atom. The van der Waals surface area contributed by atoms with Gasteiger partial charge >= 0.3 is 0 Å². The Bertz CT molecular complexity index is 520. The Morgan fingerprint density at radius 1 is 1.22 bits per heavy atom. The van der Waals surface area contributed by atoms with Gasteiger partial charge in [-0.3, -0.25) is 0 Å². The maximum Gasteiger partial charge on any atom is 0.130 e. The van der Waals surface area contributed by atoms with Crippen LogP contribution in [0.1, 0.15) is 11.1 Å². The van der Waals surface area contributed by atoms with Crippen LogP contribution < -0.4 is 4.74 Å². The molecule has 18 heavy (non-hydrogen) atoms. The first-order chi connectivity index (χ1) is 8.56. The van der Waals surface area contributed by atoms with Gasteiger partial charge in [-0.25, -0.2) is 4.39 Å². The fourth-order valence-electron chi connectivity index (χ4n) is 1.57. The van der Waals surface area contributed by atoms with Crippen molar-refractivity contribution in [3.05, 3.63) is 62.8 Å². The SMILES string of the molecule is Cc1cc(Cl)ccc1OCc1ccc(Br)cc1F. The molecule has 2 aromatic rings. The first kappa shape index (κ1) is 13.4. The number of aryl methyl sites for hydroxylation is 1. The third-order valence-electron chi connectivity index (χ3n) is 2.54. The van der Waals surface area contributed by atoms with E-state index in [1.165, 1.54) is 6.07 Å². The molecule has 0 fully saturated rings. The zero-order chi connectivity index (χ0) is 13.1. The standard InChI is InChI=1S/C14H11BrClFO/c1-9-6-12(16)4-5-14(9)18-8-10-2-3-11(15)7-13(10)17/h2-7H,8H2,1H3. The van der Waals surface area contributed by atoms with Crippen molar-refractivity contribution < 1.29 is 9.13 Å². The van der Waals surface area contributed by atoms with Gasteiger partial charge in [-0.05, 0) is 42.8 Å². The average Bonchev–Trinajstić information content (AvgIpc) is 2.30. The normalized spacial score (nSPS) is 10.4. The van der Waals surface area contributed by atoms with Crippen molar-refractivity contribution >= 4 is 27.5 Å². The molecule has 0 aliphatic rings. The van der Waals surface area contributed by atoms with Crippen molar-refractivity contribution in [3.8, 4) is 5.75 Å². The Balaban J connectivity index is 2.11. The van der Waals surface area contributed by atoms with Gasteiger partial charge in [-0.1, -0.05) is 33.6 Å². The van der Waals surface area contributed by atoms with Gasteiger partial charge in [0.15, 0.2) is 0 Å². The monoisotopic (exact) mass is 328 g/mol. The summed E-state index contributed by atoms with van der Waals surface area (Å²) >= 11 is 9.07. The van der Waals surface area contributed by atoms with Crippen LogP contribution in [0.5, 0.6) is 5.75 Å². The van der Waals surface area contributed by atoms with Gasteiger partial charge in [0.1, 0.15) is 18.2 Å². The quantitative estimate of drug-likeness (QED) is 0.758. The third-order valence-corrected chi connectivity index (χ3v) is 3.26. The molecule has 0 aliphatic heterocycles. The van der Waals surface area contributed by atoms with E-state index in [1.807, 2.05) is 13.0 Å². The average molecular weight is 330 g/mol. The lowest BCUT2D eigenvalue weighted by Gasteiger charge is -2.10. The molecule has 0 saturated carbocycles. The van der Waals surface area contributed by atoms with Crippen LogP contribution in [0.15, 0.2) is 40.9 Å². The van der Waals surface area contributed by atoms with E-state index < -0.39 is 0 Å². The second-order valence-electron chi connectivity index (χ2n) is 3.93. The fraction of sp³-hybridized carbons (Fsp3) is 0.143. The highest BCUT2D eigenvalue weighted by Gasteiger charge is 2.05. The van der Waals surface area contributed by atoms with E-state index in [-0.39, 0.29) is 12.4 Å². The fourth-order valence-corrected chi connectivity index (χ4v) is 2.13. The second kappa shape index (κ2) is 5.72. The lowest BCUT2D eigenvalue weighted by Crippen LogP contribution is -1.99. The molecule has 4 heteroatoms. The number of rotatable bonds is 3. The van der Waals surface area contributed by atoms with Gasteiger partial charge in [0.2, 0.25) is 0 Å². The maximum absolute atomic E-state index is 13.6. The van der Waals surface area contributed by atoms with Gasteiger partial charge < -0.3 is 4.74 Å². The van der Waals surface area contributed by atoms with E-state index in [0.29, 0.717) is 20.8 Å². The minimum atomic E-state index is -0.281. The Labute approximate surface area is 119 Å². The summed E-state index contributed by atoms with van der Waals surface area (Å²) in [4.78, 5) is 0. The molecular formula is C14H11BrClFO. The van der Waals surface area contributed by atoms with Crippen LogP contribution >= 0.6 is 27.5 Å². The summed E-state index contributed by atoms with van der Waals surface area (Å²) in [6, 6.07) is 10.3. The highest BCUT2D eigenvalue weighted by Crippen LogP contribution is 2.23. The number of benzene rings is 2. The smallest absolute Gasteiger partial charge is 0.130 e. The van der Waals surface area contributed by atoms with Gasteiger partial charge in [0, 0.05) is 15.1 Å². The molecule has 1 nitrogen and oxygen atoms in total. The van der Waals surface area contributed by atoms with E-state index in [1.54, 1.807) is 24.3 Å².